The monoisotopic (exact) mass is 632 g/mol. The molecule has 0 fully saturated rings. The summed E-state index contributed by atoms with van der Waals surface area (Å²) in [6.07, 6.45) is 1.82. The molecule has 0 saturated heterocycles. The van der Waals surface area contributed by atoms with Crippen molar-refractivity contribution in [3.05, 3.63) is 162 Å². The number of thiazole rings is 1. The maximum absolute atomic E-state index is 14.2. The molecule has 0 aliphatic carbocycles. The molecular weight excluding hydrogens is 599 g/mol. The van der Waals surface area contributed by atoms with E-state index >= 15 is 0 Å². The zero-order valence-electron chi connectivity index (χ0n) is 25.8. The fourth-order valence-corrected chi connectivity index (χ4v) is 6.38. The van der Waals surface area contributed by atoms with Crippen molar-refractivity contribution in [3.8, 4) is 5.75 Å². The molecule has 8 heteroatoms. The van der Waals surface area contributed by atoms with Crippen LogP contribution in [-0.4, -0.2) is 17.1 Å². The Morgan fingerprint density at radius 2 is 1.65 bits per heavy atom. The van der Waals surface area contributed by atoms with Gasteiger partial charge in [-0.3, -0.25) is 9.36 Å². The first kappa shape index (κ1) is 30.9. The first-order valence-electron chi connectivity index (χ1n) is 15.2. The number of rotatable bonds is 9. The molecule has 1 aromatic heterocycles. The van der Waals surface area contributed by atoms with E-state index in [4.69, 9.17) is 14.5 Å². The summed E-state index contributed by atoms with van der Waals surface area (Å²) in [5.41, 5.74) is 4.97. The Hall–Kier alpha value is -5.08. The molecule has 6 rings (SSSR count). The maximum atomic E-state index is 14.2. The average Bonchev–Trinajstić information content (AvgIpc) is 3.38. The molecular formula is C38H33FN2O4S. The van der Waals surface area contributed by atoms with Crippen LogP contribution in [-0.2, 0) is 16.1 Å². The Morgan fingerprint density at radius 1 is 0.957 bits per heavy atom. The Balaban J connectivity index is 1.43. The van der Waals surface area contributed by atoms with Gasteiger partial charge in [-0.05, 0) is 65.4 Å². The third kappa shape index (κ3) is 6.48. The minimum Gasteiger partial charge on any atom is -0.489 e. The number of benzene rings is 4. The highest BCUT2D eigenvalue weighted by molar-refractivity contribution is 7.07. The van der Waals surface area contributed by atoms with Gasteiger partial charge in [0.15, 0.2) is 4.80 Å². The number of aromatic nitrogens is 1. The smallest absolute Gasteiger partial charge is 0.338 e. The van der Waals surface area contributed by atoms with Crippen molar-refractivity contribution in [2.24, 2.45) is 4.99 Å². The van der Waals surface area contributed by atoms with Crippen LogP contribution in [0.3, 0.4) is 0 Å². The van der Waals surface area contributed by atoms with Gasteiger partial charge >= 0.3 is 5.97 Å². The zero-order chi connectivity index (χ0) is 32.2. The van der Waals surface area contributed by atoms with E-state index in [9.17, 15) is 14.0 Å². The summed E-state index contributed by atoms with van der Waals surface area (Å²) in [5.74, 6) is 0.186. The van der Waals surface area contributed by atoms with E-state index in [1.165, 1.54) is 23.5 Å². The van der Waals surface area contributed by atoms with Crippen molar-refractivity contribution in [1.29, 1.82) is 0 Å². The Kier molecular flexibility index (Phi) is 9.08. The topological polar surface area (TPSA) is 69.9 Å². The van der Waals surface area contributed by atoms with E-state index in [0.29, 0.717) is 38.9 Å². The van der Waals surface area contributed by atoms with Crippen LogP contribution in [0.25, 0.3) is 11.8 Å². The molecule has 46 heavy (non-hydrogen) atoms. The molecule has 1 atom stereocenters. The lowest BCUT2D eigenvalue weighted by molar-refractivity contribution is -0.138. The molecule has 1 aliphatic rings. The number of ether oxygens (including phenoxy) is 2. The molecule has 2 heterocycles. The van der Waals surface area contributed by atoms with Crippen LogP contribution in [0, 0.1) is 5.82 Å². The first-order chi connectivity index (χ1) is 22.3. The maximum Gasteiger partial charge on any atom is 0.338 e. The average molecular weight is 633 g/mol. The number of nitrogens with zero attached hydrogens (tertiary/aromatic N) is 2. The molecule has 0 saturated carbocycles. The van der Waals surface area contributed by atoms with Gasteiger partial charge < -0.3 is 9.47 Å². The van der Waals surface area contributed by atoms with E-state index in [0.717, 1.165) is 27.8 Å². The third-order valence-corrected chi connectivity index (χ3v) is 8.77. The lowest BCUT2D eigenvalue weighted by Gasteiger charge is -2.26. The molecule has 1 aliphatic heterocycles. The van der Waals surface area contributed by atoms with Crippen LogP contribution in [0.15, 0.2) is 118 Å². The summed E-state index contributed by atoms with van der Waals surface area (Å²) in [5, 5.41) is 0. The molecule has 4 aromatic carbocycles. The van der Waals surface area contributed by atoms with Crippen molar-refractivity contribution in [2.75, 3.05) is 6.61 Å². The zero-order valence-corrected chi connectivity index (χ0v) is 26.6. The Labute approximate surface area is 270 Å². The number of hydrogen-bond donors (Lipinski definition) is 0. The standard InChI is InChI=1S/C38H33FN2O4S/c1-4-44-37(43)33-34(28-8-6-5-7-9-28)40-38-41(35(33)29-16-14-27(15-17-29)24(2)3)36(42)32(46-38)22-25-12-20-31(21-13-25)45-23-26-10-18-30(39)19-11-26/h5-22,24,35H,4,23H2,1-3H3/b32-22-/t35-/m1/s1. The third-order valence-electron chi connectivity index (χ3n) is 7.79. The highest BCUT2D eigenvalue weighted by atomic mass is 32.1. The summed E-state index contributed by atoms with van der Waals surface area (Å²) in [4.78, 5) is 33.2. The van der Waals surface area contributed by atoms with Gasteiger partial charge in [0, 0.05) is 5.56 Å². The molecule has 0 radical (unpaired) electrons. The summed E-state index contributed by atoms with van der Waals surface area (Å²) >= 11 is 1.28. The number of carbonyl (C=O) groups excluding carboxylic acids is 1. The molecule has 232 valence electrons. The summed E-state index contributed by atoms with van der Waals surface area (Å²) in [6, 6.07) is 30.4. The molecule has 0 spiro atoms. The van der Waals surface area contributed by atoms with Crippen molar-refractivity contribution in [3.63, 3.8) is 0 Å². The van der Waals surface area contributed by atoms with Crippen molar-refractivity contribution >= 4 is 29.1 Å². The van der Waals surface area contributed by atoms with Crippen LogP contribution in [0.4, 0.5) is 4.39 Å². The fourth-order valence-electron chi connectivity index (χ4n) is 5.38. The van der Waals surface area contributed by atoms with Gasteiger partial charge in [-0.25, -0.2) is 14.2 Å². The highest BCUT2D eigenvalue weighted by Crippen LogP contribution is 2.35. The van der Waals surface area contributed by atoms with Crippen LogP contribution >= 0.6 is 11.3 Å². The molecule has 0 amide bonds. The summed E-state index contributed by atoms with van der Waals surface area (Å²) < 4.78 is 26.7. The van der Waals surface area contributed by atoms with Crippen molar-refractivity contribution in [1.82, 2.24) is 4.57 Å². The predicted molar refractivity (Wildman–Crippen MR) is 179 cm³/mol. The van der Waals surface area contributed by atoms with E-state index < -0.39 is 12.0 Å². The van der Waals surface area contributed by atoms with Gasteiger partial charge in [-0.15, -0.1) is 0 Å². The van der Waals surface area contributed by atoms with Crippen LogP contribution in [0.5, 0.6) is 5.75 Å². The van der Waals surface area contributed by atoms with Crippen molar-refractivity contribution < 1.29 is 18.7 Å². The number of carbonyl (C=O) groups is 1. The SMILES string of the molecule is CCOC(=O)C1=C(c2ccccc2)N=c2s/c(=C\c3ccc(OCc4ccc(F)cc4)cc3)c(=O)n2[C@@H]1c1ccc(C(C)C)cc1. The number of fused-ring (bicyclic) bond motifs is 1. The summed E-state index contributed by atoms with van der Waals surface area (Å²) in [6.45, 7) is 6.52. The normalized spacial score (nSPS) is 14.6. The van der Waals surface area contributed by atoms with Gasteiger partial charge in [0.05, 0.1) is 28.5 Å². The van der Waals surface area contributed by atoms with E-state index in [2.05, 4.69) is 13.8 Å². The molecule has 0 unspecified atom stereocenters. The Morgan fingerprint density at radius 3 is 2.30 bits per heavy atom. The first-order valence-corrected chi connectivity index (χ1v) is 16.0. The lowest BCUT2D eigenvalue weighted by atomic mass is 9.91. The van der Waals surface area contributed by atoms with E-state index in [-0.39, 0.29) is 18.0 Å². The largest absolute Gasteiger partial charge is 0.489 e. The van der Waals surface area contributed by atoms with Gasteiger partial charge in [0.25, 0.3) is 5.56 Å². The molecule has 0 bridgehead atoms. The molecule has 0 N–H and O–H groups in total. The van der Waals surface area contributed by atoms with Gasteiger partial charge in [0.1, 0.15) is 18.2 Å². The minimum atomic E-state index is -0.726. The van der Waals surface area contributed by atoms with Gasteiger partial charge in [-0.1, -0.05) is 104 Å². The van der Waals surface area contributed by atoms with Crippen molar-refractivity contribution in [2.45, 2.75) is 39.3 Å². The van der Waals surface area contributed by atoms with E-state index in [1.807, 2.05) is 84.9 Å². The Bertz CT molecular complexity index is 2060. The van der Waals surface area contributed by atoms with Gasteiger partial charge in [-0.2, -0.15) is 0 Å². The van der Waals surface area contributed by atoms with Crippen LogP contribution in [0.1, 0.15) is 60.5 Å². The quantitative estimate of drug-likeness (QED) is 0.168. The highest BCUT2D eigenvalue weighted by Gasteiger charge is 2.35. The number of esters is 1. The molecule has 6 nitrogen and oxygen atoms in total. The van der Waals surface area contributed by atoms with E-state index in [1.54, 1.807) is 23.6 Å². The molecule has 5 aromatic rings. The lowest BCUT2D eigenvalue weighted by Crippen LogP contribution is -2.40. The fraction of sp³-hybridized carbons (Fsp3) is 0.184. The van der Waals surface area contributed by atoms with Crippen LogP contribution < -0.4 is 19.6 Å². The second kappa shape index (κ2) is 13.5. The second-order valence-corrected chi connectivity index (χ2v) is 12.2. The van der Waals surface area contributed by atoms with Gasteiger partial charge in [0.2, 0.25) is 0 Å². The minimum absolute atomic E-state index is 0.192. The summed E-state index contributed by atoms with van der Waals surface area (Å²) in [7, 11) is 0. The second-order valence-electron chi connectivity index (χ2n) is 11.2. The van der Waals surface area contributed by atoms with Crippen LogP contribution in [0.2, 0.25) is 0 Å². The predicted octanol–water partition coefficient (Wildman–Crippen LogP) is 6.78. The number of hydrogen-bond acceptors (Lipinski definition) is 6. The number of halogens is 1.